The van der Waals surface area contributed by atoms with Crippen molar-refractivity contribution in [3.8, 4) is 5.75 Å². The fourth-order valence-corrected chi connectivity index (χ4v) is 1.69. The van der Waals surface area contributed by atoms with E-state index in [0.29, 0.717) is 30.5 Å². The number of benzene rings is 1. The molecule has 0 saturated carbocycles. The average Bonchev–Trinajstić information content (AvgIpc) is 2.34. The molecule has 0 aliphatic carbocycles. The lowest BCUT2D eigenvalue weighted by atomic mass is 10.1. The van der Waals surface area contributed by atoms with Crippen molar-refractivity contribution in [2.24, 2.45) is 0 Å². The van der Waals surface area contributed by atoms with Crippen molar-refractivity contribution in [1.82, 2.24) is 5.32 Å². The molecule has 0 fully saturated rings. The monoisotopic (exact) mass is 259 g/mol. The lowest BCUT2D eigenvalue weighted by molar-refractivity contribution is 0.161. The molecule has 0 spiro atoms. The average molecular weight is 260 g/mol. The van der Waals surface area contributed by atoms with E-state index in [9.17, 15) is 5.11 Å². The number of hydrogen-bond donors (Lipinski definition) is 2. The quantitative estimate of drug-likeness (QED) is 0.731. The SMILES string of the molecule is COCCNCC(O)c1ccc(OC)c(Cl)c1. The summed E-state index contributed by atoms with van der Waals surface area (Å²) < 4.78 is 9.94. The van der Waals surface area contributed by atoms with Gasteiger partial charge in [0, 0.05) is 20.2 Å². The summed E-state index contributed by atoms with van der Waals surface area (Å²) in [6, 6.07) is 5.26. The van der Waals surface area contributed by atoms with Gasteiger partial charge < -0.3 is 19.9 Å². The van der Waals surface area contributed by atoms with Gasteiger partial charge in [-0.2, -0.15) is 0 Å². The third-order valence-corrected chi connectivity index (χ3v) is 2.68. The molecule has 1 atom stereocenters. The van der Waals surface area contributed by atoms with Crippen molar-refractivity contribution >= 4 is 11.6 Å². The number of aliphatic hydroxyl groups excluding tert-OH is 1. The zero-order valence-electron chi connectivity index (χ0n) is 10.1. The number of hydrogen-bond acceptors (Lipinski definition) is 4. The maximum absolute atomic E-state index is 9.91. The standard InChI is InChI=1S/C12H18ClNO3/c1-16-6-5-14-8-11(15)9-3-4-12(17-2)10(13)7-9/h3-4,7,11,14-15H,5-6,8H2,1-2H3. The largest absolute Gasteiger partial charge is 0.495 e. The van der Waals surface area contributed by atoms with Crippen LogP contribution in [0.3, 0.4) is 0 Å². The molecule has 5 heteroatoms. The summed E-state index contributed by atoms with van der Waals surface area (Å²) in [6.45, 7) is 1.79. The van der Waals surface area contributed by atoms with Gasteiger partial charge in [-0.05, 0) is 17.7 Å². The Kier molecular flexibility index (Phi) is 6.29. The lowest BCUT2D eigenvalue weighted by Crippen LogP contribution is -2.24. The van der Waals surface area contributed by atoms with Gasteiger partial charge in [-0.1, -0.05) is 17.7 Å². The van der Waals surface area contributed by atoms with Gasteiger partial charge in [0.25, 0.3) is 0 Å². The summed E-state index contributed by atoms with van der Waals surface area (Å²) in [5, 5.41) is 13.5. The molecule has 2 N–H and O–H groups in total. The second-order valence-electron chi connectivity index (χ2n) is 3.61. The van der Waals surface area contributed by atoms with E-state index in [2.05, 4.69) is 5.32 Å². The molecule has 0 radical (unpaired) electrons. The maximum atomic E-state index is 9.91. The Morgan fingerprint density at radius 3 is 2.76 bits per heavy atom. The minimum absolute atomic E-state index is 0.464. The van der Waals surface area contributed by atoms with Gasteiger partial charge in [-0.25, -0.2) is 0 Å². The van der Waals surface area contributed by atoms with Crippen molar-refractivity contribution in [3.63, 3.8) is 0 Å². The van der Waals surface area contributed by atoms with E-state index in [1.54, 1.807) is 32.4 Å². The molecule has 1 aromatic carbocycles. The van der Waals surface area contributed by atoms with Gasteiger partial charge in [-0.3, -0.25) is 0 Å². The molecule has 1 rings (SSSR count). The second kappa shape index (κ2) is 7.50. The fraction of sp³-hybridized carbons (Fsp3) is 0.500. The number of halogens is 1. The van der Waals surface area contributed by atoms with Crippen molar-refractivity contribution < 1.29 is 14.6 Å². The Hall–Kier alpha value is -0.810. The summed E-state index contributed by atoms with van der Waals surface area (Å²) in [4.78, 5) is 0. The third-order valence-electron chi connectivity index (χ3n) is 2.38. The van der Waals surface area contributed by atoms with E-state index < -0.39 is 6.10 Å². The van der Waals surface area contributed by atoms with E-state index in [-0.39, 0.29) is 0 Å². The van der Waals surface area contributed by atoms with Crippen LogP contribution >= 0.6 is 11.6 Å². The Bertz CT molecular complexity index is 347. The molecule has 0 aromatic heterocycles. The first-order chi connectivity index (χ1) is 8.19. The molecule has 0 aliphatic rings. The highest BCUT2D eigenvalue weighted by atomic mass is 35.5. The fourth-order valence-electron chi connectivity index (χ4n) is 1.42. The number of nitrogens with one attached hydrogen (secondary N) is 1. The predicted molar refractivity (Wildman–Crippen MR) is 67.7 cm³/mol. The van der Waals surface area contributed by atoms with E-state index >= 15 is 0 Å². The van der Waals surface area contributed by atoms with Crippen molar-refractivity contribution in [1.29, 1.82) is 0 Å². The summed E-state index contributed by atoms with van der Waals surface area (Å²) in [6.07, 6.45) is -0.588. The normalized spacial score (nSPS) is 12.5. The number of aliphatic hydroxyl groups is 1. The molecule has 0 aliphatic heterocycles. The topological polar surface area (TPSA) is 50.7 Å². The lowest BCUT2D eigenvalue weighted by Gasteiger charge is -2.13. The highest BCUT2D eigenvalue weighted by Crippen LogP contribution is 2.27. The number of methoxy groups -OCH3 is 2. The first kappa shape index (κ1) is 14.3. The molecule has 0 saturated heterocycles. The first-order valence-electron chi connectivity index (χ1n) is 5.40. The second-order valence-corrected chi connectivity index (χ2v) is 4.01. The molecule has 0 amide bonds. The Balaban J connectivity index is 2.51. The number of rotatable bonds is 7. The molecule has 1 unspecified atom stereocenters. The Labute approximate surface area is 106 Å². The predicted octanol–water partition coefficient (Wildman–Crippen LogP) is 1.62. The van der Waals surface area contributed by atoms with Crippen LogP contribution in [0.2, 0.25) is 5.02 Å². The van der Waals surface area contributed by atoms with E-state index in [1.807, 2.05) is 0 Å². The summed E-state index contributed by atoms with van der Waals surface area (Å²) in [5.41, 5.74) is 0.765. The maximum Gasteiger partial charge on any atom is 0.137 e. The molecule has 17 heavy (non-hydrogen) atoms. The minimum Gasteiger partial charge on any atom is -0.495 e. The molecule has 0 bridgehead atoms. The number of ether oxygens (including phenoxy) is 2. The first-order valence-corrected chi connectivity index (χ1v) is 5.78. The van der Waals surface area contributed by atoms with Gasteiger partial charge in [0.1, 0.15) is 5.75 Å². The smallest absolute Gasteiger partial charge is 0.137 e. The zero-order chi connectivity index (χ0) is 12.7. The van der Waals surface area contributed by atoms with Crippen molar-refractivity contribution in [3.05, 3.63) is 28.8 Å². The van der Waals surface area contributed by atoms with Crippen molar-refractivity contribution in [2.75, 3.05) is 33.9 Å². The third kappa shape index (κ3) is 4.52. The summed E-state index contributed by atoms with van der Waals surface area (Å²) >= 11 is 5.98. The van der Waals surface area contributed by atoms with Crippen LogP contribution in [-0.2, 0) is 4.74 Å². The van der Waals surface area contributed by atoms with Crippen molar-refractivity contribution in [2.45, 2.75) is 6.10 Å². The van der Waals surface area contributed by atoms with Gasteiger partial charge >= 0.3 is 0 Å². The van der Waals surface area contributed by atoms with Gasteiger partial charge in [0.2, 0.25) is 0 Å². The van der Waals surface area contributed by atoms with E-state index in [1.165, 1.54) is 0 Å². The molecular weight excluding hydrogens is 242 g/mol. The highest BCUT2D eigenvalue weighted by molar-refractivity contribution is 6.32. The molecule has 96 valence electrons. The zero-order valence-corrected chi connectivity index (χ0v) is 10.8. The Morgan fingerprint density at radius 1 is 1.41 bits per heavy atom. The van der Waals surface area contributed by atoms with Gasteiger partial charge in [0.15, 0.2) is 0 Å². The van der Waals surface area contributed by atoms with Crippen LogP contribution in [0.25, 0.3) is 0 Å². The van der Waals surface area contributed by atoms with Crippen LogP contribution in [0.15, 0.2) is 18.2 Å². The van der Waals surface area contributed by atoms with Gasteiger partial charge in [0.05, 0.1) is 24.8 Å². The van der Waals surface area contributed by atoms with Crippen LogP contribution in [0.5, 0.6) is 5.75 Å². The minimum atomic E-state index is -0.588. The van der Waals surface area contributed by atoms with Crippen LogP contribution in [-0.4, -0.2) is 39.0 Å². The summed E-state index contributed by atoms with van der Waals surface area (Å²) in [7, 11) is 3.20. The molecule has 0 heterocycles. The van der Waals surface area contributed by atoms with E-state index in [0.717, 1.165) is 5.56 Å². The van der Waals surface area contributed by atoms with Crippen LogP contribution in [0, 0.1) is 0 Å². The molecule has 1 aromatic rings. The van der Waals surface area contributed by atoms with Crippen LogP contribution in [0.4, 0.5) is 0 Å². The van der Waals surface area contributed by atoms with Crippen LogP contribution in [0.1, 0.15) is 11.7 Å². The van der Waals surface area contributed by atoms with Crippen LogP contribution < -0.4 is 10.1 Å². The molecular formula is C12H18ClNO3. The summed E-state index contributed by atoms with van der Waals surface area (Å²) in [5.74, 6) is 0.606. The van der Waals surface area contributed by atoms with Gasteiger partial charge in [-0.15, -0.1) is 0 Å². The highest BCUT2D eigenvalue weighted by Gasteiger charge is 2.09. The molecule has 4 nitrogen and oxygen atoms in total. The Morgan fingerprint density at radius 2 is 2.18 bits per heavy atom. The van der Waals surface area contributed by atoms with E-state index in [4.69, 9.17) is 21.1 Å².